The van der Waals surface area contributed by atoms with E-state index >= 15 is 0 Å². The van der Waals surface area contributed by atoms with Gasteiger partial charge >= 0.3 is 0 Å². The smallest absolute Gasteiger partial charge is 0.133 e. The summed E-state index contributed by atoms with van der Waals surface area (Å²) in [6.45, 7) is 9.67. The Balaban J connectivity index is 2.01. The van der Waals surface area contributed by atoms with Crippen LogP contribution in [0.25, 0.3) is 0 Å². The van der Waals surface area contributed by atoms with Gasteiger partial charge in [-0.05, 0) is 5.41 Å². The lowest BCUT2D eigenvalue weighted by atomic mass is 9.96. The van der Waals surface area contributed by atoms with E-state index in [-0.39, 0.29) is 5.41 Å². The normalized spacial score (nSPS) is 16.2. The van der Waals surface area contributed by atoms with Crippen molar-refractivity contribution in [3.63, 3.8) is 0 Å². The van der Waals surface area contributed by atoms with Crippen LogP contribution in [0.15, 0.2) is 12.4 Å². The third kappa shape index (κ3) is 3.57. The average molecular weight is 249 g/mol. The Kier molecular flexibility index (Phi) is 3.71. The molecule has 0 aliphatic carbocycles. The first-order chi connectivity index (χ1) is 8.44. The van der Waals surface area contributed by atoms with E-state index in [1.807, 2.05) is 6.07 Å². The van der Waals surface area contributed by atoms with E-state index in [0.29, 0.717) is 6.04 Å². The van der Waals surface area contributed by atoms with Crippen LogP contribution in [0.3, 0.4) is 0 Å². The maximum absolute atomic E-state index is 4.33. The third-order valence-electron chi connectivity index (χ3n) is 2.89. The maximum atomic E-state index is 4.33. The fraction of sp³-hybridized carbons (Fsp3) is 0.692. The molecule has 5 nitrogen and oxygen atoms in total. The van der Waals surface area contributed by atoms with E-state index < -0.39 is 0 Å². The summed E-state index contributed by atoms with van der Waals surface area (Å²) in [6, 6.07) is 2.52. The highest BCUT2D eigenvalue weighted by Crippen LogP contribution is 2.20. The van der Waals surface area contributed by atoms with Crippen LogP contribution in [-0.2, 0) is 0 Å². The first kappa shape index (κ1) is 13.1. The van der Waals surface area contributed by atoms with Crippen molar-refractivity contribution < 1.29 is 0 Å². The fourth-order valence-corrected chi connectivity index (χ4v) is 2.03. The molecule has 0 atom stereocenters. The number of hydrogen-bond acceptors (Lipinski definition) is 5. The molecule has 5 heteroatoms. The first-order valence-corrected chi connectivity index (χ1v) is 6.44. The van der Waals surface area contributed by atoms with E-state index in [9.17, 15) is 0 Å². The lowest BCUT2D eigenvalue weighted by Crippen LogP contribution is -2.51. The Morgan fingerprint density at radius 1 is 1.39 bits per heavy atom. The van der Waals surface area contributed by atoms with E-state index in [4.69, 9.17) is 0 Å². The highest BCUT2D eigenvalue weighted by atomic mass is 15.2. The van der Waals surface area contributed by atoms with E-state index in [2.05, 4.69) is 53.3 Å². The van der Waals surface area contributed by atoms with Crippen molar-refractivity contribution in [3.8, 4) is 0 Å². The van der Waals surface area contributed by atoms with Crippen molar-refractivity contribution in [3.05, 3.63) is 12.4 Å². The zero-order chi connectivity index (χ0) is 13.2. The van der Waals surface area contributed by atoms with Gasteiger partial charge in [-0.1, -0.05) is 20.8 Å². The minimum atomic E-state index is 0.255. The van der Waals surface area contributed by atoms with Crippen molar-refractivity contribution in [1.29, 1.82) is 0 Å². The average Bonchev–Trinajstić information content (AvgIpc) is 2.22. The summed E-state index contributed by atoms with van der Waals surface area (Å²) >= 11 is 0. The van der Waals surface area contributed by atoms with Crippen LogP contribution in [0, 0.1) is 5.41 Å². The second-order valence-electron chi connectivity index (χ2n) is 6.18. The summed E-state index contributed by atoms with van der Waals surface area (Å²) in [6.07, 6.45) is 1.63. The van der Waals surface area contributed by atoms with Crippen LogP contribution in [0.4, 0.5) is 11.6 Å². The van der Waals surface area contributed by atoms with Gasteiger partial charge in [-0.3, -0.25) is 0 Å². The van der Waals surface area contributed by atoms with Gasteiger partial charge in [0.25, 0.3) is 0 Å². The molecule has 2 heterocycles. The van der Waals surface area contributed by atoms with Crippen molar-refractivity contribution in [2.45, 2.75) is 26.8 Å². The van der Waals surface area contributed by atoms with Crippen LogP contribution < -0.4 is 15.5 Å². The van der Waals surface area contributed by atoms with Crippen molar-refractivity contribution in [1.82, 2.24) is 15.3 Å². The monoisotopic (exact) mass is 249 g/mol. The molecule has 0 amide bonds. The second-order valence-corrected chi connectivity index (χ2v) is 6.18. The quantitative estimate of drug-likeness (QED) is 0.843. The van der Waals surface area contributed by atoms with Gasteiger partial charge in [0, 0.05) is 32.7 Å². The predicted octanol–water partition coefficient (Wildman–Crippen LogP) is 1.34. The molecule has 1 aliphatic rings. The summed E-state index contributed by atoms with van der Waals surface area (Å²) in [5.41, 5.74) is 0.255. The van der Waals surface area contributed by atoms with Crippen molar-refractivity contribution >= 4 is 11.6 Å². The van der Waals surface area contributed by atoms with Crippen LogP contribution >= 0.6 is 0 Å². The molecule has 0 spiro atoms. The lowest BCUT2D eigenvalue weighted by Gasteiger charge is -2.30. The number of hydrogen-bond donors (Lipinski definition) is 2. The number of nitrogens with zero attached hydrogens (tertiary/aromatic N) is 3. The molecular weight excluding hydrogens is 226 g/mol. The Bertz CT molecular complexity index is 395. The van der Waals surface area contributed by atoms with Crippen LogP contribution in [0.2, 0.25) is 0 Å². The molecule has 0 bridgehead atoms. The molecular formula is C13H23N5. The van der Waals surface area contributed by atoms with Crippen LogP contribution in [-0.4, -0.2) is 42.7 Å². The molecule has 1 aromatic rings. The minimum absolute atomic E-state index is 0.255. The molecule has 100 valence electrons. The summed E-state index contributed by atoms with van der Waals surface area (Å²) in [4.78, 5) is 10.8. The topological polar surface area (TPSA) is 53.1 Å². The van der Waals surface area contributed by atoms with E-state index in [1.165, 1.54) is 0 Å². The predicted molar refractivity (Wildman–Crippen MR) is 75.0 cm³/mol. The molecule has 0 radical (unpaired) electrons. The Morgan fingerprint density at radius 3 is 2.67 bits per heavy atom. The van der Waals surface area contributed by atoms with Crippen LogP contribution in [0.5, 0.6) is 0 Å². The Morgan fingerprint density at radius 2 is 2.11 bits per heavy atom. The largest absolute Gasteiger partial charge is 0.365 e. The standard InChI is InChI=1S/C13H23N5/c1-13(2,3)8-18(4)12-5-11(15-9-16-12)17-10-6-14-7-10/h5,9-10,14H,6-8H2,1-4H3,(H,15,16,17). The van der Waals surface area contributed by atoms with Crippen molar-refractivity contribution in [2.24, 2.45) is 5.41 Å². The molecule has 2 N–H and O–H groups in total. The lowest BCUT2D eigenvalue weighted by molar-refractivity contribution is 0.417. The van der Waals surface area contributed by atoms with Gasteiger partial charge < -0.3 is 15.5 Å². The summed E-state index contributed by atoms with van der Waals surface area (Å²) in [5, 5.41) is 6.63. The highest BCUT2D eigenvalue weighted by molar-refractivity contribution is 5.48. The first-order valence-electron chi connectivity index (χ1n) is 6.44. The number of rotatable bonds is 4. The van der Waals surface area contributed by atoms with Gasteiger partial charge in [-0.2, -0.15) is 0 Å². The zero-order valence-corrected chi connectivity index (χ0v) is 11.7. The number of anilines is 2. The van der Waals surface area contributed by atoms with E-state index in [0.717, 1.165) is 31.3 Å². The zero-order valence-electron chi connectivity index (χ0n) is 11.7. The van der Waals surface area contributed by atoms with Crippen molar-refractivity contribution in [2.75, 3.05) is 36.9 Å². The molecule has 1 fully saturated rings. The molecule has 1 aliphatic heterocycles. The minimum Gasteiger partial charge on any atom is -0.365 e. The summed E-state index contributed by atoms with van der Waals surface area (Å²) in [5.74, 6) is 1.88. The van der Waals surface area contributed by atoms with Gasteiger partial charge in [0.15, 0.2) is 0 Å². The molecule has 2 rings (SSSR count). The van der Waals surface area contributed by atoms with Gasteiger partial charge in [0.2, 0.25) is 0 Å². The summed E-state index contributed by atoms with van der Waals surface area (Å²) in [7, 11) is 2.07. The SMILES string of the molecule is CN(CC(C)(C)C)c1cc(NC2CNC2)ncn1. The van der Waals surface area contributed by atoms with Gasteiger partial charge in [-0.15, -0.1) is 0 Å². The summed E-state index contributed by atoms with van der Waals surface area (Å²) < 4.78 is 0. The fourth-order valence-electron chi connectivity index (χ4n) is 2.03. The molecule has 0 saturated carbocycles. The Labute approximate surface area is 109 Å². The Hall–Kier alpha value is -1.36. The third-order valence-corrected chi connectivity index (χ3v) is 2.89. The van der Waals surface area contributed by atoms with Gasteiger partial charge in [0.05, 0.1) is 6.04 Å². The second kappa shape index (κ2) is 5.10. The number of aromatic nitrogens is 2. The molecule has 18 heavy (non-hydrogen) atoms. The van der Waals surface area contributed by atoms with E-state index in [1.54, 1.807) is 6.33 Å². The maximum Gasteiger partial charge on any atom is 0.133 e. The highest BCUT2D eigenvalue weighted by Gasteiger charge is 2.18. The molecule has 1 saturated heterocycles. The van der Waals surface area contributed by atoms with Crippen LogP contribution in [0.1, 0.15) is 20.8 Å². The molecule has 1 aromatic heterocycles. The van der Waals surface area contributed by atoms with Gasteiger partial charge in [0.1, 0.15) is 18.0 Å². The van der Waals surface area contributed by atoms with Gasteiger partial charge in [-0.25, -0.2) is 9.97 Å². The molecule has 0 aromatic carbocycles. The molecule has 0 unspecified atom stereocenters. The number of nitrogens with one attached hydrogen (secondary N) is 2.